The standard InChI is InChI=1S/C30H39NO11/c1-7-30(19-11-9-8-10-12-19,31(16(2)3)17(4)5)20-15-18(6)13-14-21(20)41-29(40)25(24(34)27(37)38)42-28(39)23(33)22(32)26(35)36/h8-17,22-25,32-34H,7H2,1-6H3,(H,35,36)(H,37,38)/t22?,23?,24?,25-,30?/m0/s1. The molecule has 0 bridgehead atoms. The smallest absolute Gasteiger partial charge is 0.356 e. The Bertz CT molecular complexity index is 1260. The highest BCUT2D eigenvalue weighted by Crippen LogP contribution is 2.46. The summed E-state index contributed by atoms with van der Waals surface area (Å²) in [4.78, 5) is 50.4. The van der Waals surface area contributed by atoms with Gasteiger partial charge in [-0.2, -0.15) is 0 Å². The molecule has 12 heteroatoms. The molecule has 0 saturated carbocycles. The van der Waals surface area contributed by atoms with Gasteiger partial charge in [0.05, 0.1) is 5.54 Å². The third kappa shape index (κ3) is 7.32. The summed E-state index contributed by atoms with van der Waals surface area (Å²) in [7, 11) is 0. The van der Waals surface area contributed by atoms with Crippen molar-refractivity contribution in [1.82, 2.24) is 4.90 Å². The number of benzene rings is 2. The monoisotopic (exact) mass is 589 g/mol. The molecule has 230 valence electrons. The van der Waals surface area contributed by atoms with E-state index in [-0.39, 0.29) is 17.8 Å². The van der Waals surface area contributed by atoms with Gasteiger partial charge in [0, 0.05) is 17.6 Å². The Labute approximate surface area is 244 Å². The predicted molar refractivity (Wildman–Crippen MR) is 150 cm³/mol. The number of carboxylic acids is 2. The third-order valence-electron chi connectivity index (χ3n) is 6.92. The first-order chi connectivity index (χ1) is 19.6. The van der Waals surface area contributed by atoms with Crippen LogP contribution in [0.2, 0.25) is 0 Å². The van der Waals surface area contributed by atoms with Gasteiger partial charge in [-0.15, -0.1) is 0 Å². The van der Waals surface area contributed by atoms with Crippen LogP contribution in [0.5, 0.6) is 5.75 Å². The summed E-state index contributed by atoms with van der Waals surface area (Å²) >= 11 is 0. The number of nitrogens with zero attached hydrogens (tertiary/aromatic N) is 1. The van der Waals surface area contributed by atoms with Gasteiger partial charge in [-0.1, -0.05) is 55.0 Å². The topological polar surface area (TPSA) is 191 Å². The quantitative estimate of drug-likeness (QED) is 0.159. The van der Waals surface area contributed by atoms with Crippen molar-refractivity contribution in [2.45, 2.75) is 90.0 Å². The van der Waals surface area contributed by atoms with Gasteiger partial charge < -0.3 is 35.0 Å². The second-order valence-electron chi connectivity index (χ2n) is 10.5. The van der Waals surface area contributed by atoms with Gasteiger partial charge in [0.2, 0.25) is 6.10 Å². The molecule has 0 aliphatic carbocycles. The molecule has 2 aromatic carbocycles. The van der Waals surface area contributed by atoms with Crippen LogP contribution in [-0.4, -0.2) is 90.8 Å². The molecule has 0 fully saturated rings. The highest BCUT2D eigenvalue weighted by molar-refractivity contribution is 5.90. The molecule has 2 rings (SSSR count). The van der Waals surface area contributed by atoms with Crippen molar-refractivity contribution in [2.75, 3.05) is 0 Å². The van der Waals surface area contributed by atoms with E-state index in [0.29, 0.717) is 12.0 Å². The summed E-state index contributed by atoms with van der Waals surface area (Å²) in [6.45, 7) is 12.0. The number of carbonyl (C=O) groups is 4. The van der Waals surface area contributed by atoms with Gasteiger partial charge in [-0.05, 0) is 52.7 Å². The maximum absolute atomic E-state index is 13.4. The van der Waals surface area contributed by atoms with E-state index >= 15 is 0 Å². The lowest BCUT2D eigenvalue weighted by Crippen LogP contribution is -2.54. The molecule has 0 heterocycles. The Morgan fingerprint density at radius 2 is 1.36 bits per heavy atom. The zero-order chi connectivity index (χ0) is 31.9. The van der Waals surface area contributed by atoms with E-state index < -0.39 is 53.8 Å². The third-order valence-corrected chi connectivity index (χ3v) is 6.92. The molecule has 5 atom stereocenters. The van der Waals surface area contributed by atoms with Crippen LogP contribution in [0.1, 0.15) is 57.7 Å². The summed E-state index contributed by atoms with van der Waals surface area (Å²) in [6.07, 6.45) is -9.95. The average molecular weight is 590 g/mol. The number of rotatable bonds is 14. The van der Waals surface area contributed by atoms with Crippen molar-refractivity contribution in [1.29, 1.82) is 0 Å². The fourth-order valence-electron chi connectivity index (χ4n) is 5.26. The van der Waals surface area contributed by atoms with E-state index in [1.807, 2.05) is 77.9 Å². The van der Waals surface area contributed by atoms with Crippen LogP contribution in [0, 0.1) is 6.92 Å². The van der Waals surface area contributed by atoms with Crippen LogP contribution in [0.25, 0.3) is 0 Å². The summed E-state index contributed by atoms with van der Waals surface area (Å²) in [6, 6.07) is 14.5. The normalized spacial score (nSPS) is 15.9. The van der Waals surface area contributed by atoms with Crippen LogP contribution < -0.4 is 4.74 Å². The van der Waals surface area contributed by atoms with Crippen molar-refractivity contribution >= 4 is 23.9 Å². The highest BCUT2D eigenvalue weighted by atomic mass is 16.6. The molecule has 0 spiro atoms. The van der Waals surface area contributed by atoms with E-state index in [4.69, 9.17) is 14.6 Å². The lowest BCUT2D eigenvalue weighted by molar-refractivity contribution is -0.187. The minimum absolute atomic E-state index is 0.00101. The van der Waals surface area contributed by atoms with Crippen molar-refractivity contribution in [3.63, 3.8) is 0 Å². The zero-order valence-electron chi connectivity index (χ0n) is 24.4. The van der Waals surface area contributed by atoms with Crippen LogP contribution in [0.4, 0.5) is 0 Å². The SMILES string of the molecule is CCC(c1ccccc1)(c1cc(C)ccc1OC(=O)[C@@H](OC(=O)C(O)C(O)C(=O)O)C(O)C(=O)O)N(C(C)C)C(C)C. The number of carbonyl (C=O) groups excluding carboxylic acids is 2. The van der Waals surface area contributed by atoms with Crippen molar-refractivity contribution < 1.29 is 54.2 Å². The molecular formula is C30H39NO11. The average Bonchev–Trinajstić information content (AvgIpc) is 2.93. The Kier molecular flexibility index (Phi) is 11.8. The van der Waals surface area contributed by atoms with Gasteiger partial charge in [-0.3, -0.25) is 4.90 Å². The molecule has 0 aromatic heterocycles. The molecule has 0 amide bonds. The van der Waals surface area contributed by atoms with E-state index in [1.165, 1.54) is 6.07 Å². The molecule has 0 radical (unpaired) electrons. The van der Waals surface area contributed by atoms with Gasteiger partial charge in [0.15, 0.2) is 18.3 Å². The van der Waals surface area contributed by atoms with Crippen LogP contribution in [0.15, 0.2) is 48.5 Å². The summed E-state index contributed by atoms with van der Waals surface area (Å²) in [5.74, 6) is -7.29. The molecule has 4 unspecified atom stereocenters. The number of carboxylic acid groups (broad SMARTS) is 2. The maximum atomic E-state index is 13.4. The van der Waals surface area contributed by atoms with Crippen molar-refractivity contribution in [3.05, 3.63) is 65.2 Å². The number of aliphatic hydroxyl groups is 3. The van der Waals surface area contributed by atoms with Crippen molar-refractivity contribution in [2.24, 2.45) is 0 Å². The number of aliphatic hydroxyl groups excluding tert-OH is 3. The fourth-order valence-corrected chi connectivity index (χ4v) is 5.26. The van der Waals surface area contributed by atoms with Crippen LogP contribution in [-0.2, 0) is 29.5 Å². The second kappa shape index (κ2) is 14.4. The minimum atomic E-state index is -2.68. The number of ether oxygens (including phenoxy) is 2. The molecule has 0 aliphatic rings. The van der Waals surface area contributed by atoms with Crippen LogP contribution in [0.3, 0.4) is 0 Å². The largest absolute Gasteiger partial charge is 0.479 e. The van der Waals surface area contributed by atoms with Gasteiger partial charge in [0.1, 0.15) is 5.75 Å². The van der Waals surface area contributed by atoms with Gasteiger partial charge in [0.25, 0.3) is 0 Å². The van der Waals surface area contributed by atoms with E-state index in [1.54, 1.807) is 6.07 Å². The summed E-state index contributed by atoms with van der Waals surface area (Å²) < 4.78 is 10.3. The number of esters is 2. The Morgan fingerprint density at radius 1 is 0.810 bits per heavy atom. The number of hydrogen-bond acceptors (Lipinski definition) is 10. The van der Waals surface area contributed by atoms with E-state index in [9.17, 15) is 39.6 Å². The molecule has 0 saturated heterocycles. The van der Waals surface area contributed by atoms with E-state index in [0.717, 1.165) is 11.1 Å². The van der Waals surface area contributed by atoms with Crippen LogP contribution >= 0.6 is 0 Å². The lowest BCUT2D eigenvalue weighted by Gasteiger charge is -2.49. The first-order valence-corrected chi connectivity index (χ1v) is 13.5. The van der Waals surface area contributed by atoms with Gasteiger partial charge in [-0.25, -0.2) is 19.2 Å². The number of hydrogen-bond donors (Lipinski definition) is 5. The Hall–Kier alpha value is -3.84. The molecule has 5 N–H and O–H groups in total. The Morgan fingerprint density at radius 3 is 1.83 bits per heavy atom. The molecular weight excluding hydrogens is 550 g/mol. The molecule has 42 heavy (non-hydrogen) atoms. The second-order valence-corrected chi connectivity index (χ2v) is 10.5. The summed E-state index contributed by atoms with van der Waals surface area (Å²) in [5, 5.41) is 47.7. The number of aryl methyl sites for hydroxylation is 1. The maximum Gasteiger partial charge on any atom is 0.356 e. The zero-order valence-corrected chi connectivity index (χ0v) is 24.4. The fraction of sp³-hybridized carbons (Fsp3) is 0.467. The first-order valence-electron chi connectivity index (χ1n) is 13.5. The van der Waals surface area contributed by atoms with Crippen molar-refractivity contribution in [3.8, 4) is 5.75 Å². The predicted octanol–water partition coefficient (Wildman–Crippen LogP) is 1.84. The Balaban J connectivity index is 2.71. The summed E-state index contributed by atoms with van der Waals surface area (Å²) in [5.41, 5.74) is 1.38. The molecule has 12 nitrogen and oxygen atoms in total. The molecule has 0 aliphatic heterocycles. The highest BCUT2D eigenvalue weighted by Gasteiger charge is 2.45. The number of aliphatic carboxylic acids is 2. The molecule has 2 aromatic rings. The van der Waals surface area contributed by atoms with Gasteiger partial charge >= 0.3 is 23.9 Å². The lowest BCUT2D eigenvalue weighted by atomic mass is 9.76. The first kappa shape index (κ1) is 34.4. The minimum Gasteiger partial charge on any atom is -0.479 e. The van der Waals surface area contributed by atoms with E-state index in [2.05, 4.69) is 4.90 Å².